The summed E-state index contributed by atoms with van der Waals surface area (Å²) >= 11 is 0. The molecule has 1 aromatic heterocycles. The largest absolute Gasteiger partial charge is 0.493 e. The molecule has 1 amide bonds. The van der Waals surface area contributed by atoms with E-state index in [2.05, 4.69) is 29.0 Å². The van der Waals surface area contributed by atoms with Crippen LogP contribution in [0.1, 0.15) is 27.7 Å². The monoisotopic (exact) mass is 362 g/mol. The van der Waals surface area contributed by atoms with E-state index in [9.17, 15) is 4.79 Å². The third-order valence-electron chi connectivity index (χ3n) is 5.04. The summed E-state index contributed by atoms with van der Waals surface area (Å²) < 4.78 is 12.9. The van der Waals surface area contributed by atoms with Crippen molar-refractivity contribution in [2.24, 2.45) is 0 Å². The topological polar surface area (TPSA) is 43.7 Å². The van der Waals surface area contributed by atoms with Crippen molar-refractivity contribution >= 4 is 5.91 Å². The maximum absolute atomic E-state index is 13.4. The maximum atomic E-state index is 13.4. The molecule has 5 heteroatoms. The smallest absolute Gasteiger partial charge is 0.254 e. The van der Waals surface area contributed by atoms with Crippen LogP contribution in [0.25, 0.3) is 0 Å². The lowest BCUT2D eigenvalue weighted by molar-refractivity contribution is 0.0663. The number of methoxy groups -OCH3 is 2. The van der Waals surface area contributed by atoms with Gasteiger partial charge < -0.3 is 18.9 Å². The Bertz CT molecular complexity index is 949. The molecule has 0 unspecified atom stereocenters. The van der Waals surface area contributed by atoms with Crippen LogP contribution in [0, 0.1) is 0 Å². The van der Waals surface area contributed by atoms with E-state index in [4.69, 9.17) is 9.47 Å². The highest BCUT2D eigenvalue weighted by molar-refractivity contribution is 5.95. The average Bonchev–Trinajstić information content (AvgIpc) is 3.21. The Labute approximate surface area is 158 Å². The summed E-state index contributed by atoms with van der Waals surface area (Å²) in [5.74, 6) is 1.15. The molecule has 4 rings (SSSR count). The Morgan fingerprint density at radius 2 is 1.70 bits per heavy atom. The predicted octanol–water partition coefficient (Wildman–Crippen LogP) is 3.75. The van der Waals surface area contributed by atoms with Crippen molar-refractivity contribution in [3.63, 3.8) is 0 Å². The van der Waals surface area contributed by atoms with Crippen LogP contribution in [0.15, 0.2) is 66.9 Å². The van der Waals surface area contributed by atoms with Crippen molar-refractivity contribution in [3.05, 3.63) is 83.7 Å². The Balaban J connectivity index is 1.74. The zero-order chi connectivity index (χ0) is 18.8. The van der Waals surface area contributed by atoms with Gasteiger partial charge in [0.2, 0.25) is 0 Å². The number of rotatable bonds is 4. The number of amides is 1. The molecule has 1 aliphatic heterocycles. The number of fused-ring (bicyclic) bond motifs is 1. The summed E-state index contributed by atoms with van der Waals surface area (Å²) in [6.45, 7) is 1.43. The van der Waals surface area contributed by atoms with E-state index in [1.807, 2.05) is 29.2 Å². The molecule has 0 aliphatic carbocycles. The number of ether oxygens (including phenoxy) is 2. The van der Waals surface area contributed by atoms with E-state index < -0.39 is 0 Å². The summed E-state index contributed by atoms with van der Waals surface area (Å²) in [6, 6.07) is 19.5. The number of aromatic nitrogens is 1. The minimum atomic E-state index is -0.115. The van der Waals surface area contributed by atoms with Gasteiger partial charge in [-0.2, -0.15) is 0 Å². The molecule has 0 bridgehead atoms. The van der Waals surface area contributed by atoms with Gasteiger partial charge in [0.15, 0.2) is 11.5 Å². The maximum Gasteiger partial charge on any atom is 0.254 e. The zero-order valence-corrected chi connectivity index (χ0v) is 15.5. The quantitative estimate of drug-likeness (QED) is 0.710. The van der Waals surface area contributed by atoms with Crippen LogP contribution in [0.3, 0.4) is 0 Å². The van der Waals surface area contributed by atoms with Crippen LogP contribution in [0.5, 0.6) is 11.5 Å². The average molecular weight is 362 g/mol. The van der Waals surface area contributed by atoms with Gasteiger partial charge in [0.25, 0.3) is 5.91 Å². The molecular formula is C22H22N2O3. The minimum Gasteiger partial charge on any atom is -0.493 e. The van der Waals surface area contributed by atoms with Gasteiger partial charge in [-0.25, -0.2) is 0 Å². The second kappa shape index (κ2) is 7.19. The van der Waals surface area contributed by atoms with Crippen molar-refractivity contribution in [1.82, 2.24) is 9.47 Å². The van der Waals surface area contributed by atoms with Crippen LogP contribution in [0.4, 0.5) is 0 Å². The minimum absolute atomic E-state index is 0.0164. The first-order chi connectivity index (χ1) is 13.2. The van der Waals surface area contributed by atoms with Gasteiger partial charge in [-0.05, 0) is 35.9 Å². The lowest BCUT2D eigenvalue weighted by Gasteiger charge is -2.37. The highest BCUT2D eigenvalue weighted by atomic mass is 16.5. The standard InChI is InChI=1S/C22H22N2O3/c1-26-19-11-10-17(15-20(19)27-2)22(25)24-14-13-23-12-6-9-18(23)21(24)16-7-4-3-5-8-16/h3-12,15,21H,13-14H2,1-2H3/t21-/m0/s1. The third-order valence-corrected chi connectivity index (χ3v) is 5.04. The molecule has 0 N–H and O–H groups in total. The molecule has 1 atom stereocenters. The first-order valence-electron chi connectivity index (χ1n) is 8.96. The Morgan fingerprint density at radius 1 is 0.926 bits per heavy atom. The van der Waals surface area contributed by atoms with Crippen molar-refractivity contribution in [3.8, 4) is 11.5 Å². The fraction of sp³-hybridized carbons (Fsp3) is 0.227. The van der Waals surface area contributed by atoms with E-state index in [0.29, 0.717) is 23.6 Å². The van der Waals surface area contributed by atoms with E-state index in [-0.39, 0.29) is 11.9 Å². The molecule has 0 spiro atoms. The van der Waals surface area contributed by atoms with Gasteiger partial charge in [0, 0.05) is 30.5 Å². The molecule has 5 nitrogen and oxygen atoms in total. The van der Waals surface area contributed by atoms with Crippen LogP contribution < -0.4 is 9.47 Å². The molecule has 2 aromatic carbocycles. The molecule has 0 radical (unpaired) electrons. The van der Waals surface area contributed by atoms with E-state index in [1.165, 1.54) is 0 Å². The zero-order valence-electron chi connectivity index (χ0n) is 15.5. The fourth-order valence-electron chi connectivity index (χ4n) is 3.72. The summed E-state index contributed by atoms with van der Waals surface area (Å²) in [4.78, 5) is 15.3. The van der Waals surface area contributed by atoms with E-state index in [0.717, 1.165) is 17.8 Å². The highest BCUT2D eigenvalue weighted by Crippen LogP contribution is 2.35. The number of carbonyl (C=O) groups excluding carboxylic acids is 1. The summed E-state index contributed by atoms with van der Waals surface area (Å²) in [6.07, 6.45) is 2.07. The first-order valence-corrected chi connectivity index (χ1v) is 8.96. The Hall–Kier alpha value is -3.21. The molecule has 1 aliphatic rings. The van der Waals surface area contributed by atoms with Crippen molar-refractivity contribution in [2.75, 3.05) is 20.8 Å². The van der Waals surface area contributed by atoms with Crippen molar-refractivity contribution in [1.29, 1.82) is 0 Å². The molecule has 0 fully saturated rings. The van der Waals surface area contributed by atoms with Crippen LogP contribution >= 0.6 is 0 Å². The second-order valence-corrected chi connectivity index (χ2v) is 6.51. The normalized spacial score (nSPS) is 15.9. The molecular weight excluding hydrogens is 340 g/mol. The number of nitrogens with zero attached hydrogens (tertiary/aromatic N) is 2. The van der Waals surface area contributed by atoms with Gasteiger partial charge in [-0.3, -0.25) is 4.79 Å². The number of hydrogen-bond acceptors (Lipinski definition) is 3. The van der Waals surface area contributed by atoms with Crippen LogP contribution in [-0.2, 0) is 6.54 Å². The summed E-state index contributed by atoms with van der Waals surface area (Å²) in [5, 5.41) is 0. The SMILES string of the molecule is COc1ccc(C(=O)N2CCn3cccc3[C@@H]2c2ccccc2)cc1OC. The van der Waals surface area contributed by atoms with Gasteiger partial charge in [0.1, 0.15) is 0 Å². The third kappa shape index (κ3) is 3.05. The molecule has 0 saturated heterocycles. The van der Waals surface area contributed by atoms with E-state index >= 15 is 0 Å². The number of benzene rings is 2. The molecule has 3 aromatic rings. The Kier molecular flexibility index (Phi) is 4.59. The van der Waals surface area contributed by atoms with Crippen molar-refractivity contribution < 1.29 is 14.3 Å². The van der Waals surface area contributed by atoms with Crippen LogP contribution in [0.2, 0.25) is 0 Å². The highest BCUT2D eigenvalue weighted by Gasteiger charge is 2.32. The summed E-state index contributed by atoms with van der Waals surface area (Å²) in [7, 11) is 3.16. The lowest BCUT2D eigenvalue weighted by atomic mass is 9.99. The molecule has 0 saturated carbocycles. The van der Waals surface area contributed by atoms with Gasteiger partial charge in [0.05, 0.1) is 20.3 Å². The predicted molar refractivity (Wildman–Crippen MR) is 103 cm³/mol. The van der Waals surface area contributed by atoms with Gasteiger partial charge in [-0.1, -0.05) is 30.3 Å². The van der Waals surface area contributed by atoms with Gasteiger partial charge in [-0.15, -0.1) is 0 Å². The molecule has 27 heavy (non-hydrogen) atoms. The fourth-order valence-corrected chi connectivity index (χ4v) is 3.72. The lowest BCUT2D eigenvalue weighted by Crippen LogP contribution is -2.42. The summed E-state index contributed by atoms with van der Waals surface area (Å²) in [5.41, 5.74) is 2.82. The second-order valence-electron chi connectivity index (χ2n) is 6.51. The van der Waals surface area contributed by atoms with E-state index in [1.54, 1.807) is 32.4 Å². The molecule has 138 valence electrons. The number of carbonyl (C=O) groups is 1. The van der Waals surface area contributed by atoms with Gasteiger partial charge >= 0.3 is 0 Å². The first kappa shape index (κ1) is 17.2. The van der Waals surface area contributed by atoms with Crippen molar-refractivity contribution in [2.45, 2.75) is 12.6 Å². The van der Waals surface area contributed by atoms with Crippen LogP contribution in [-0.4, -0.2) is 36.1 Å². The Morgan fingerprint density at radius 3 is 2.44 bits per heavy atom. The number of hydrogen-bond donors (Lipinski definition) is 0. The molecule has 2 heterocycles.